The van der Waals surface area contributed by atoms with Gasteiger partial charge in [-0.05, 0) is 41.2 Å². The Kier molecular flexibility index (Phi) is 6.26. The maximum absolute atomic E-state index is 9.85. The van der Waals surface area contributed by atoms with Gasteiger partial charge in [-0.15, -0.1) is 0 Å². The van der Waals surface area contributed by atoms with Crippen molar-refractivity contribution in [3.05, 3.63) is 35.4 Å². The van der Waals surface area contributed by atoms with Crippen LogP contribution in [0.5, 0.6) is 0 Å². The molecule has 1 aromatic rings. The van der Waals surface area contributed by atoms with Crippen LogP contribution in [0.2, 0.25) is 0 Å². The van der Waals surface area contributed by atoms with Gasteiger partial charge in [-0.2, -0.15) is 0 Å². The molecular formula is C19H32O. The Hall–Kier alpha value is -0.820. The summed E-state index contributed by atoms with van der Waals surface area (Å²) in [5.74, 6) is 0. The molecule has 1 unspecified atom stereocenters. The second kappa shape index (κ2) is 7.26. The fourth-order valence-electron chi connectivity index (χ4n) is 2.74. The van der Waals surface area contributed by atoms with Crippen LogP contribution < -0.4 is 0 Å². The number of aliphatic hydroxyl groups excluding tert-OH is 1. The van der Waals surface area contributed by atoms with Crippen molar-refractivity contribution in [3.63, 3.8) is 0 Å². The van der Waals surface area contributed by atoms with Gasteiger partial charge in [0.25, 0.3) is 0 Å². The quantitative estimate of drug-likeness (QED) is 0.734. The van der Waals surface area contributed by atoms with Crippen LogP contribution in [0.1, 0.15) is 71.4 Å². The van der Waals surface area contributed by atoms with Gasteiger partial charge in [-0.1, -0.05) is 71.7 Å². The van der Waals surface area contributed by atoms with E-state index in [1.807, 2.05) is 0 Å². The smallest absolute Gasteiger partial charge is 0.0490 e. The fraction of sp³-hybridized carbons (Fsp3) is 0.684. The Labute approximate surface area is 125 Å². The second-order valence-electron chi connectivity index (χ2n) is 7.24. The molecule has 0 bridgehead atoms. The Morgan fingerprint density at radius 3 is 2.00 bits per heavy atom. The molecule has 0 fully saturated rings. The molecule has 0 aliphatic heterocycles. The zero-order chi connectivity index (χ0) is 15.2. The van der Waals surface area contributed by atoms with Gasteiger partial charge in [0.1, 0.15) is 0 Å². The zero-order valence-corrected chi connectivity index (χ0v) is 14.0. The van der Waals surface area contributed by atoms with Crippen LogP contribution in [-0.4, -0.2) is 11.7 Å². The van der Waals surface area contributed by atoms with Gasteiger partial charge >= 0.3 is 0 Å². The summed E-state index contributed by atoms with van der Waals surface area (Å²) in [6.45, 7) is 11.4. The Balaban J connectivity index is 2.84. The first kappa shape index (κ1) is 17.2. The fourth-order valence-corrected chi connectivity index (χ4v) is 2.74. The maximum Gasteiger partial charge on any atom is 0.0490 e. The molecule has 0 spiro atoms. The van der Waals surface area contributed by atoms with E-state index in [1.165, 1.54) is 24.0 Å². The Morgan fingerprint density at radius 1 is 1.00 bits per heavy atom. The molecule has 0 aliphatic carbocycles. The van der Waals surface area contributed by atoms with Crippen molar-refractivity contribution >= 4 is 0 Å². The largest absolute Gasteiger partial charge is 0.396 e. The molecule has 20 heavy (non-hydrogen) atoms. The molecule has 0 saturated carbocycles. The average molecular weight is 276 g/mol. The minimum atomic E-state index is 0.0687. The number of hydrogen-bond acceptors (Lipinski definition) is 1. The highest BCUT2D eigenvalue weighted by Gasteiger charge is 2.27. The Bertz CT molecular complexity index is 379. The van der Waals surface area contributed by atoms with Gasteiger partial charge in [-0.25, -0.2) is 0 Å². The normalized spacial score (nSPS) is 15.1. The molecule has 0 heterocycles. The summed E-state index contributed by atoms with van der Waals surface area (Å²) in [6.07, 6.45) is 5.56. The van der Waals surface area contributed by atoms with E-state index in [9.17, 15) is 5.11 Å². The molecule has 1 nitrogen and oxygen atoms in total. The molecule has 0 amide bonds. The van der Waals surface area contributed by atoms with Gasteiger partial charge < -0.3 is 5.11 Å². The van der Waals surface area contributed by atoms with E-state index in [4.69, 9.17) is 0 Å². The standard InChI is InChI=1S/C19H32O/c1-6-8-13-19(7-2,15-20)14-16-9-11-17(12-10-16)18(3,4)5/h9-12,20H,6-8,13-15H2,1-5H3. The molecule has 0 saturated heterocycles. The first-order chi connectivity index (χ1) is 9.37. The van der Waals surface area contributed by atoms with E-state index >= 15 is 0 Å². The molecule has 1 aromatic carbocycles. The van der Waals surface area contributed by atoms with Crippen molar-refractivity contribution in [1.82, 2.24) is 0 Å². The van der Waals surface area contributed by atoms with Gasteiger partial charge in [0.05, 0.1) is 0 Å². The van der Waals surface area contributed by atoms with E-state index in [0.717, 1.165) is 19.3 Å². The number of unbranched alkanes of at least 4 members (excludes halogenated alkanes) is 1. The van der Waals surface area contributed by atoms with Crippen LogP contribution in [0.4, 0.5) is 0 Å². The summed E-state index contributed by atoms with van der Waals surface area (Å²) in [4.78, 5) is 0. The first-order valence-electron chi connectivity index (χ1n) is 8.07. The van der Waals surface area contributed by atoms with E-state index < -0.39 is 0 Å². The van der Waals surface area contributed by atoms with Gasteiger partial charge in [-0.3, -0.25) is 0 Å². The molecule has 114 valence electrons. The van der Waals surface area contributed by atoms with Crippen LogP contribution in [0.15, 0.2) is 24.3 Å². The van der Waals surface area contributed by atoms with Gasteiger partial charge in [0.15, 0.2) is 0 Å². The molecule has 0 aromatic heterocycles. The number of benzene rings is 1. The van der Waals surface area contributed by atoms with Crippen molar-refractivity contribution in [3.8, 4) is 0 Å². The summed E-state index contributed by atoms with van der Waals surface area (Å²) in [5, 5.41) is 9.85. The minimum absolute atomic E-state index is 0.0687. The molecule has 0 radical (unpaired) electrons. The third kappa shape index (κ3) is 4.63. The van der Waals surface area contributed by atoms with Crippen LogP contribution in [0.25, 0.3) is 0 Å². The topological polar surface area (TPSA) is 20.2 Å². The summed E-state index contributed by atoms with van der Waals surface area (Å²) in [5.41, 5.74) is 3.00. The first-order valence-corrected chi connectivity index (χ1v) is 8.07. The maximum atomic E-state index is 9.85. The third-order valence-electron chi connectivity index (χ3n) is 4.55. The minimum Gasteiger partial charge on any atom is -0.396 e. The summed E-state index contributed by atoms with van der Waals surface area (Å²) >= 11 is 0. The van der Waals surface area contributed by atoms with Crippen molar-refractivity contribution in [2.45, 2.75) is 72.1 Å². The number of hydrogen-bond donors (Lipinski definition) is 1. The molecular weight excluding hydrogens is 244 g/mol. The highest BCUT2D eigenvalue weighted by atomic mass is 16.3. The van der Waals surface area contributed by atoms with Gasteiger partial charge in [0.2, 0.25) is 0 Å². The molecule has 1 heteroatoms. The monoisotopic (exact) mass is 276 g/mol. The van der Waals surface area contributed by atoms with Crippen molar-refractivity contribution in [2.24, 2.45) is 5.41 Å². The van der Waals surface area contributed by atoms with Crippen molar-refractivity contribution in [2.75, 3.05) is 6.61 Å². The molecule has 1 atom stereocenters. The summed E-state index contributed by atoms with van der Waals surface area (Å²) < 4.78 is 0. The molecule has 1 rings (SSSR count). The predicted molar refractivity (Wildman–Crippen MR) is 88.2 cm³/mol. The van der Waals surface area contributed by atoms with Crippen LogP contribution in [0.3, 0.4) is 0 Å². The van der Waals surface area contributed by atoms with Crippen LogP contribution in [0, 0.1) is 5.41 Å². The predicted octanol–water partition coefficient (Wildman–Crippen LogP) is 5.11. The second-order valence-corrected chi connectivity index (χ2v) is 7.24. The summed E-state index contributed by atoms with van der Waals surface area (Å²) in [7, 11) is 0. The highest BCUT2D eigenvalue weighted by Crippen LogP contribution is 2.33. The van der Waals surface area contributed by atoms with Crippen molar-refractivity contribution < 1.29 is 5.11 Å². The van der Waals surface area contributed by atoms with E-state index in [0.29, 0.717) is 6.61 Å². The van der Waals surface area contributed by atoms with E-state index in [2.05, 4.69) is 58.9 Å². The highest BCUT2D eigenvalue weighted by molar-refractivity contribution is 5.28. The van der Waals surface area contributed by atoms with Gasteiger partial charge in [0, 0.05) is 6.61 Å². The lowest BCUT2D eigenvalue weighted by Gasteiger charge is -2.31. The Morgan fingerprint density at radius 2 is 1.60 bits per heavy atom. The zero-order valence-electron chi connectivity index (χ0n) is 14.0. The van der Waals surface area contributed by atoms with Crippen molar-refractivity contribution in [1.29, 1.82) is 0 Å². The number of aliphatic hydroxyl groups is 1. The SMILES string of the molecule is CCCCC(CC)(CO)Cc1ccc(C(C)(C)C)cc1. The van der Waals surface area contributed by atoms with Crippen LogP contribution in [-0.2, 0) is 11.8 Å². The van der Waals surface area contributed by atoms with E-state index in [-0.39, 0.29) is 10.8 Å². The lowest BCUT2D eigenvalue weighted by Crippen LogP contribution is -2.27. The third-order valence-corrected chi connectivity index (χ3v) is 4.55. The molecule has 1 N–H and O–H groups in total. The van der Waals surface area contributed by atoms with E-state index in [1.54, 1.807) is 0 Å². The summed E-state index contributed by atoms with van der Waals surface area (Å²) in [6, 6.07) is 8.97. The molecule has 0 aliphatic rings. The lowest BCUT2D eigenvalue weighted by molar-refractivity contribution is 0.107. The average Bonchev–Trinajstić information content (AvgIpc) is 2.43. The lowest BCUT2D eigenvalue weighted by atomic mass is 9.75. The number of rotatable bonds is 7. The van der Waals surface area contributed by atoms with Crippen LogP contribution >= 0.6 is 0 Å².